The van der Waals surface area contributed by atoms with Crippen molar-refractivity contribution in [3.63, 3.8) is 0 Å². The Morgan fingerprint density at radius 3 is 2.74 bits per heavy atom. The van der Waals surface area contributed by atoms with Crippen molar-refractivity contribution in [2.75, 3.05) is 19.0 Å². The van der Waals surface area contributed by atoms with Crippen LogP contribution in [-0.2, 0) is 27.3 Å². The molecule has 0 aliphatic heterocycles. The number of methoxy groups -OCH3 is 1. The molecule has 0 spiro atoms. The SMILES string of the molecule is COCC(=O)Nc1cccc(CNC(=O)CCc2ncc(-c3ccc(Cl)cc3Cl)o2)c1. The van der Waals surface area contributed by atoms with Gasteiger partial charge < -0.3 is 19.8 Å². The highest BCUT2D eigenvalue weighted by Crippen LogP contribution is 2.30. The van der Waals surface area contributed by atoms with E-state index in [-0.39, 0.29) is 24.8 Å². The molecule has 9 heteroatoms. The lowest BCUT2D eigenvalue weighted by atomic mass is 10.2. The van der Waals surface area contributed by atoms with Gasteiger partial charge in [-0.2, -0.15) is 0 Å². The Balaban J connectivity index is 1.49. The molecule has 0 radical (unpaired) electrons. The minimum absolute atomic E-state index is 0.0201. The van der Waals surface area contributed by atoms with Gasteiger partial charge in [0, 0.05) is 42.8 Å². The first-order valence-corrected chi connectivity index (χ1v) is 10.2. The highest BCUT2D eigenvalue weighted by molar-refractivity contribution is 6.36. The monoisotopic (exact) mass is 461 g/mol. The number of aryl methyl sites for hydroxylation is 1. The molecule has 3 rings (SSSR count). The number of hydrogen-bond donors (Lipinski definition) is 2. The molecule has 0 aliphatic rings. The van der Waals surface area contributed by atoms with Crippen molar-refractivity contribution < 1.29 is 18.7 Å². The van der Waals surface area contributed by atoms with Gasteiger partial charge >= 0.3 is 0 Å². The van der Waals surface area contributed by atoms with Gasteiger partial charge in [-0.3, -0.25) is 9.59 Å². The van der Waals surface area contributed by atoms with Gasteiger partial charge in [-0.05, 0) is 35.9 Å². The van der Waals surface area contributed by atoms with E-state index in [1.165, 1.54) is 7.11 Å². The molecule has 1 heterocycles. The number of aromatic nitrogens is 1. The number of halogens is 2. The summed E-state index contributed by atoms with van der Waals surface area (Å²) < 4.78 is 10.5. The molecule has 0 atom stereocenters. The van der Waals surface area contributed by atoms with Crippen LogP contribution in [0.2, 0.25) is 10.0 Å². The quantitative estimate of drug-likeness (QED) is 0.489. The Labute approximate surface area is 189 Å². The number of carbonyl (C=O) groups excluding carboxylic acids is 2. The second-order valence-electron chi connectivity index (χ2n) is 6.70. The Hall–Kier alpha value is -2.87. The maximum absolute atomic E-state index is 12.2. The standard InChI is InChI=1S/C22H21Cl2N3O4/c1-30-13-21(29)27-16-4-2-3-14(9-16)11-25-20(28)7-8-22-26-12-19(31-22)17-6-5-15(23)10-18(17)24/h2-6,9-10,12H,7-8,11,13H2,1H3,(H,25,28)(H,27,29). The topological polar surface area (TPSA) is 93.5 Å². The lowest BCUT2D eigenvalue weighted by Crippen LogP contribution is -2.23. The van der Waals surface area contributed by atoms with Crippen molar-refractivity contribution in [2.45, 2.75) is 19.4 Å². The lowest BCUT2D eigenvalue weighted by molar-refractivity contribution is -0.121. The summed E-state index contributed by atoms with van der Waals surface area (Å²) >= 11 is 12.1. The maximum Gasteiger partial charge on any atom is 0.250 e. The summed E-state index contributed by atoms with van der Waals surface area (Å²) in [6, 6.07) is 12.3. The van der Waals surface area contributed by atoms with Gasteiger partial charge in [0.25, 0.3) is 0 Å². The van der Waals surface area contributed by atoms with E-state index < -0.39 is 0 Å². The van der Waals surface area contributed by atoms with Gasteiger partial charge in [0.2, 0.25) is 11.8 Å². The summed E-state index contributed by atoms with van der Waals surface area (Å²) in [4.78, 5) is 28.0. The van der Waals surface area contributed by atoms with E-state index in [0.29, 0.717) is 45.9 Å². The third-order valence-electron chi connectivity index (χ3n) is 4.29. The summed E-state index contributed by atoms with van der Waals surface area (Å²) in [6.07, 6.45) is 2.15. The van der Waals surface area contributed by atoms with Crippen LogP contribution >= 0.6 is 23.2 Å². The number of nitrogens with one attached hydrogen (secondary N) is 2. The van der Waals surface area contributed by atoms with Gasteiger partial charge in [0.05, 0.1) is 11.2 Å². The normalized spacial score (nSPS) is 10.7. The number of oxazole rings is 1. The first-order valence-electron chi connectivity index (χ1n) is 9.49. The lowest BCUT2D eigenvalue weighted by Gasteiger charge is -2.08. The van der Waals surface area contributed by atoms with Crippen LogP contribution in [0, 0.1) is 0 Å². The van der Waals surface area contributed by atoms with Crippen molar-refractivity contribution in [3.05, 3.63) is 70.2 Å². The van der Waals surface area contributed by atoms with Crippen LogP contribution in [0.5, 0.6) is 0 Å². The van der Waals surface area contributed by atoms with Crippen LogP contribution in [0.25, 0.3) is 11.3 Å². The number of amides is 2. The minimum Gasteiger partial charge on any atom is -0.441 e. The molecule has 0 unspecified atom stereocenters. The zero-order chi connectivity index (χ0) is 22.2. The predicted octanol–water partition coefficient (Wildman–Crippen LogP) is 4.48. The van der Waals surface area contributed by atoms with Gasteiger partial charge in [-0.1, -0.05) is 35.3 Å². The molecule has 2 N–H and O–H groups in total. The Bertz CT molecular complexity index is 1070. The second kappa shape index (κ2) is 10.9. The van der Waals surface area contributed by atoms with Gasteiger partial charge in [-0.25, -0.2) is 4.98 Å². The second-order valence-corrected chi connectivity index (χ2v) is 7.54. The summed E-state index contributed by atoms with van der Waals surface area (Å²) in [7, 11) is 1.46. The number of nitrogens with zero attached hydrogens (tertiary/aromatic N) is 1. The molecule has 0 saturated carbocycles. The Morgan fingerprint density at radius 1 is 1.13 bits per heavy atom. The predicted molar refractivity (Wildman–Crippen MR) is 119 cm³/mol. The number of carbonyl (C=O) groups is 2. The largest absolute Gasteiger partial charge is 0.441 e. The zero-order valence-electron chi connectivity index (χ0n) is 16.8. The molecular formula is C22H21Cl2N3O4. The van der Waals surface area contributed by atoms with Gasteiger partial charge in [-0.15, -0.1) is 0 Å². The van der Waals surface area contributed by atoms with E-state index in [2.05, 4.69) is 15.6 Å². The molecule has 0 fully saturated rings. The first kappa shape index (κ1) is 22.8. The van der Waals surface area contributed by atoms with E-state index in [9.17, 15) is 9.59 Å². The van der Waals surface area contributed by atoms with Crippen molar-refractivity contribution >= 4 is 40.7 Å². The molecule has 2 amide bonds. The van der Waals surface area contributed by atoms with Crippen LogP contribution < -0.4 is 10.6 Å². The number of rotatable bonds is 9. The molecule has 162 valence electrons. The summed E-state index contributed by atoms with van der Waals surface area (Å²) in [5, 5.41) is 6.57. The molecule has 2 aromatic carbocycles. The van der Waals surface area contributed by atoms with Crippen LogP contribution in [0.3, 0.4) is 0 Å². The van der Waals surface area contributed by atoms with E-state index in [0.717, 1.165) is 5.56 Å². The van der Waals surface area contributed by atoms with E-state index in [4.69, 9.17) is 32.4 Å². The minimum atomic E-state index is -0.242. The van der Waals surface area contributed by atoms with Gasteiger partial charge in [0.1, 0.15) is 6.61 Å². The van der Waals surface area contributed by atoms with Crippen LogP contribution in [0.1, 0.15) is 17.9 Å². The van der Waals surface area contributed by atoms with Crippen molar-refractivity contribution in [2.24, 2.45) is 0 Å². The Morgan fingerprint density at radius 2 is 1.97 bits per heavy atom. The molecule has 3 aromatic rings. The van der Waals surface area contributed by atoms with Crippen molar-refractivity contribution in [3.8, 4) is 11.3 Å². The summed E-state index contributed by atoms with van der Waals surface area (Å²) in [5.74, 6) is 0.579. The van der Waals surface area contributed by atoms with Crippen LogP contribution in [0.15, 0.2) is 53.1 Å². The number of anilines is 1. The maximum atomic E-state index is 12.2. The van der Waals surface area contributed by atoms with Crippen molar-refractivity contribution in [1.82, 2.24) is 10.3 Å². The molecule has 0 bridgehead atoms. The fourth-order valence-corrected chi connectivity index (χ4v) is 3.34. The van der Waals surface area contributed by atoms with Crippen molar-refractivity contribution in [1.29, 1.82) is 0 Å². The number of hydrogen-bond acceptors (Lipinski definition) is 5. The number of benzene rings is 2. The van der Waals surface area contributed by atoms with E-state index in [1.54, 1.807) is 42.6 Å². The summed E-state index contributed by atoms with van der Waals surface area (Å²) in [5.41, 5.74) is 2.19. The Kier molecular flexibility index (Phi) is 8.06. The molecule has 7 nitrogen and oxygen atoms in total. The smallest absolute Gasteiger partial charge is 0.250 e. The zero-order valence-corrected chi connectivity index (χ0v) is 18.3. The summed E-state index contributed by atoms with van der Waals surface area (Å²) in [6.45, 7) is 0.317. The van der Waals surface area contributed by atoms with E-state index in [1.807, 2.05) is 6.07 Å². The fourth-order valence-electron chi connectivity index (χ4n) is 2.84. The average Bonchev–Trinajstić information content (AvgIpc) is 3.20. The van der Waals surface area contributed by atoms with Crippen LogP contribution in [0.4, 0.5) is 5.69 Å². The molecule has 0 saturated heterocycles. The molecule has 0 aliphatic carbocycles. The fraction of sp³-hybridized carbons (Fsp3) is 0.227. The third kappa shape index (κ3) is 6.82. The highest BCUT2D eigenvalue weighted by Gasteiger charge is 2.12. The number of ether oxygens (including phenoxy) is 1. The average molecular weight is 462 g/mol. The third-order valence-corrected chi connectivity index (χ3v) is 4.84. The van der Waals surface area contributed by atoms with E-state index >= 15 is 0 Å². The van der Waals surface area contributed by atoms with Crippen LogP contribution in [-0.4, -0.2) is 30.5 Å². The highest BCUT2D eigenvalue weighted by atomic mass is 35.5. The molecular weight excluding hydrogens is 441 g/mol. The first-order chi connectivity index (χ1) is 14.9. The van der Waals surface area contributed by atoms with Gasteiger partial charge in [0.15, 0.2) is 11.7 Å². The molecule has 1 aromatic heterocycles. The molecule has 31 heavy (non-hydrogen) atoms.